The van der Waals surface area contributed by atoms with E-state index >= 15 is 0 Å². The summed E-state index contributed by atoms with van der Waals surface area (Å²) in [5.74, 6) is -0.890. The van der Waals surface area contributed by atoms with Gasteiger partial charge in [0.2, 0.25) is 10.0 Å². The Hall–Kier alpha value is -2.40. The Balaban J connectivity index is 1.53. The van der Waals surface area contributed by atoms with Crippen molar-refractivity contribution in [2.24, 2.45) is 0 Å². The third-order valence-electron chi connectivity index (χ3n) is 4.88. The Morgan fingerprint density at radius 2 is 1.74 bits per heavy atom. The summed E-state index contributed by atoms with van der Waals surface area (Å²) in [6, 6.07) is 11.0. The molecule has 0 saturated carbocycles. The molecule has 0 radical (unpaired) electrons. The number of hydrogen-bond donors (Lipinski definition) is 1. The van der Waals surface area contributed by atoms with Gasteiger partial charge in [0.05, 0.1) is 21.4 Å². The lowest BCUT2D eigenvalue weighted by atomic mass is 10.2. The molecule has 0 aromatic heterocycles. The van der Waals surface area contributed by atoms with Crippen LogP contribution in [0.15, 0.2) is 42.5 Å². The van der Waals surface area contributed by atoms with Crippen LogP contribution in [-0.2, 0) is 10.0 Å². The van der Waals surface area contributed by atoms with E-state index < -0.39 is 26.5 Å². The Bertz CT molecular complexity index is 1090. The molecule has 9 nitrogen and oxygen atoms in total. The van der Waals surface area contributed by atoms with Crippen LogP contribution < -0.4 is 10.2 Å². The van der Waals surface area contributed by atoms with Crippen LogP contribution in [0.3, 0.4) is 0 Å². The summed E-state index contributed by atoms with van der Waals surface area (Å²) in [4.78, 5) is 24.5. The summed E-state index contributed by atoms with van der Waals surface area (Å²) in [7, 11) is -3.58. The monoisotopic (exact) mass is 486 g/mol. The van der Waals surface area contributed by atoms with Crippen molar-refractivity contribution >= 4 is 50.5 Å². The number of nitrogens with zero attached hydrogens (tertiary/aromatic N) is 3. The molecule has 0 unspecified atom stereocenters. The summed E-state index contributed by atoms with van der Waals surface area (Å²) in [5.41, 5.74) is 0.505. The van der Waals surface area contributed by atoms with Crippen LogP contribution in [0.1, 0.15) is 10.4 Å². The first-order valence-electron chi connectivity index (χ1n) is 9.38. The molecule has 31 heavy (non-hydrogen) atoms. The number of halogens is 2. The van der Waals surface area contributed by atoms with Crippen LogP contribution in [0.2, 0.25) is 10.0 Å². The van der Waals surface area contributed by atoms with Gasteiger partial charge >= 0.3 is 0 Å². The predicted octanol–water partition coefficient (Wildman–Crippen LogP) is 2.78. The van der Waals surface area contributed by atoms with Crippen LogP contribution >= 0.6 is 23.2 Å². The van der Waals surface area contributed by atoms with Crippen molar-refractivity contribution in [3.05, 3.63) is 68.2 Å². The van der Waals surface area contributed by atoms with Gasteiger partial charge in [-0.2, -0.15) is 4.31 Å². The highest BCUT2D eigenvalue weighted by Gasteiger charge is 2.27. The summed E-state index contributed by atoms with van der Waals surface area (Å²) >= 11 is 11.9. The van der Waals surface area contributed by atoms with Crippen LogP contribution in [0, 0.1) is 10.1 Å². The van der Waals surface area contributed by atoms with Gasteiger partial charge in [0.15, 0.2) is 0 Å². The molecule has 1 saturated heterocycles. The van der Waals surface area contributed by atoms with Crippen molar-refractivity contribution in [2.75, 3.05) is 43.4 Å². The summed E-state index contributed by atoms with van der Waals surface area (Å²) in [5, 5.41) is 14.0. The molecule has 12 heteroatoms. The maximum absolute atomic E-state index is 12.6. The lowest BCUT2D eigenvalue weighted by Crippen LogP contribution is -2.50. The first-order chi connectivity index (χ1) is 14.7. The fraction of sp³-hybridized carbons (Fsp3) is 0.316. The lowest BCUT2D eigenvalue weighted by molar-refractivity contribution is -0.384. The Labute approximate surface area is 189 Å². The summed E-state index contributed by atoms with van der Waals surface area (Å²) in [6.07, 6.45) is 0. The second-order valence-corrected chi connectivity index (χ2v) is 9.74. The molecular weight excluding hydrogens is 467 g/mol. The summed E-state index contributed by atoms with van der Waals surface area (Å²) in [6.45, 7) is 1.51. The Morgan fingerprint density at radius 3 is 2.39 bits per heavy atom. The van der Waals surface area contributed by atoms with Gasteiger partial charge < -0.3 is 10.2 Å². The number of carbonyl (C=O) groups is 1. The number of hydrogen-bond acceptors (Lipinski definition) is 6. The van der Waals surface area contributed by atoms with Gasteiger partial charge in [-0.1, -0.05) is 35.3 Å². The highest BCUT2D eigenvalue weighted by Crippen LogP contribution is 2.27. The number of benzene rings is 2. The van der Waals surface area contributed by atoms with Gasteiger partial charge in [0, 0.05) is 44.4 Å². The van der Waals surface area contributed by atoms with Crippen LogP contribution in [0.25, 0.3) is 0 Å². The van der Waals surface area contributed by atoms with Gasteiger partial charge in [-0.25, -0.2) is 8.42 Å². The highest BCUT2D eigenvalue weighted by molar-refractivity contribution is 7.89. The maximum atomic E-state index is 12.6. The first kappa shape index (κ1) is 23.3. The largest absolute Gasteiger partial charge is 0.368 e. The number of para-hydroxylation sites is 1. The van der Waals surface area contributed by atoms with E-state index in [1.807, 2.05) is 23.1 Å². The molecule has 1 N–H and O–H groups in total. The van der Waals surface area contributed by atoms with E-state index in [0.717, 1.165) is 11.8 Å². The van der Waals surface area contributed by atoms with E-state index in [2.05, 4.69) is 5.32 Å². The average molecular weight is 487 g/mol. The van der Waals surface area contributed by atoms with Gasteiger partial charge in [0.1, 0.15) is 5.02 Å². The number of nitro benzene ring substituents is 1. The molecular formula is C19H20Cl2N4O5S. The topological polar surface area (TPSA) is 113 Å². The number of amides is 1. The SMILES string of the molecule is O=C(NCCS(=O)(=O)N1CCN(c2ccccc2Cl)CC1)c1ccc(Cl)c([N+](=O)[O-])c1. The number of carbonyl (C=O) groups excluding carboxylic acids is 1. The van der Waals surface area contributed by atoms with Gasteiger partial charge in [0.25, 0.3) is 11.6 Å². The minimum Gasteiger partial charge on any atom is -0.368 e. The van der Waals surface area contributed by atoms with Gasteiger partial charge in [-0.3, -0.25) is 14.9 Å². The summed E-state index contributed by atoms with van der Waals surface area (Å²) < 4.78 is 26.6. The number of nitro groups is 1. The number of anilines is 1. The molecule has 3 rings (SSSR count). The molecule has 2 aromatic carbocycles. The van der Waals surface area contributed by atoms with E-state index in [-0.39, 0.29) is 22.9 Å². The second-order valence-electron chi connectivity index (χ2n) is 6.83. The van der Waals surface area contributed by atoms with Crippen molar-refractivity contribution in [1.29, 1.82) is 0 Å². The Kier molecular flexibility index (Phi) is 7.37. The molecule has 1 aliphatic heterocycles. The molecule has 1 amide bonds. The maximum Gasteiger partial charge on any atom is 0.288 e. The van der Waals surface area contributed by atoms with Crippen LogP contribution in [-0.4, -0.2) is 62.0 Å². The van der Waals surface area contributed by atoms with Crippen LogP contribution in [0.5, 0.6) is 0 Å². The lowest BCUT2D eigenvalue weighted by Gasteiger charge is -2.35. The van der Waals surface area contributed by atoms with E-state index in [0.29, 0.717) is 31.2 Å². The minimum absolute atomic E-state index is 0.0295. The van der Waals surface area contributed by atoms with Gasteiger partial charge in [-0.05, 0) is 24.3 Å². The van der Waals surface area contributed by atoms with Crippen molar-refractivity contribution in [3.63, 3.8) is 0 Å². The standard InChI is InChI=1S/C19H20Cl2N4O5S/c20-15-3-1-2-4-17(15)23-8-10-24(11-9-23)31(29,30)12-7-22-19(26)14-5-6-16(21)18(13-14)25(27)28/h1-6,13H,7-12H2,(H,22,26). The molecule has 0 atom stereocenters. The van der Waals surface area contributed by atoms with E-state index in [1.165, 1.54) is 16.4 Å². The molecule has 2 aromatic rings. The predicted molar refractivity (Wildman–Crippen MR) is 119 cm³/mol. The smallest absolute Gasteiger partial charge is 0.288 e. The number of sulfonamides is 1. The average Bonchev–Trinajstić information content (AvgIpc) is 2.74. The van der Waals surface area contributed by atoms with E-state index in [9.17, 15) is 23.3 Å². The highest BCUT2D eigenvalue weighted by atomic mass is 35.5. The number of piperazine rings is 1. The molecule has 0 aliphatic carbocycles. The van der Waals surface area contributed by atoms with E-state index in [4.69, 9.17) is 23.2 Å². The third-order valence-corrected chi connectivity index (χ3v) is 7.39. The fourth-order valence-corrected chi connectivity index (χ4v) is 5.01. The number of nitrogens with one attached hydrogen (secondary N) is 1. The van der Waals surface area contributed by atoms with Crippen molar-refractivity contribution in [1.82, 2.24) is 9.62 Å². The second kappa shape index (κ2) is 9.82. The fourth-order valence-electron chi connectivity index (χ4n) is 3.23. The van der Waals surface area contributed by atoms with Crippen molar-refractivity contribution < 1.29 is 18.1 Å². The van der Waals surface area contributed by atoms with Crippen molar-refractivity contribution in [2.45, 2.75) is 0 Å². The zero-order valence-electron chi connectivity index (χ0n) is 16.3. The molecule has 166 valence electrons. The number of rotatable bonds is 7. The zero-order chi connectivity index (χ0) is 22.6. The molecule has 1 fully saturated rings. The van der Waals surface area contributed by atoms with Gasteiger partial charge in [-0.15, -0.1) is 0 Å². The molecule has 0 bridgehead atoms. The molecule has 1 heterocycles. The molecule has 0 spiro atoms. The Morgan fingerprint density at radius 1 is 1.06 bits per heavy atom. The van der Waals surface area contributed by atoms with Crippen LogP contribution in [0.4, 0.5) is 11.4 Å². The van der Waals surface area contributed by atoms with Crippen molar-refractivity contribution in [3.8, 4) is 0 Å². The molecule has 1 aliphatic rings. The first-order valence-corrected chi connectivity index (χ1v) is 11.7. The minimum atomic E-state index is -3.58. The zero-order valence-corrected chi connectivity index (χ0v) is 18.7. The van der Waals surface area contributed by atoms with E-state index in [1.54, 1.807) is 6.07 Å². The third kappa shape index (κ3) is 5.65. The quantitative estimate of drug-likeness (QED) is 0.475. The normalized spacial score (nSPS) is 15.0.